The third-order valence-corrected chi connectivity index (χ3v) is 3.54. The van der Waals surface area contributed by atoms with Gasteiger partial charge < -0.3 is 10.6 Å². The van der Waals surface area contributed by atoms with Crippen LogP contribution in [0.25, 0.3) is 0 Å². The van der Waals surface area contributed by atoms with Gasteiger partial charge in [-0.25, -0.2) is 18.1 Å². The van der Waals surface area contributed by atoms with Gasteiger partial charge >= 0.3 is 0 Å². The van der Waals surface area contributed by atoms with Gasteiger partial charge in [0.25, 0.3) is 0 Å². The van der Waals surface area contributed by atoms with Gasteiger partial charge in [0.1, 0.15) is 5.15 Å². The van der Waals surface area contributed by atoms with E-state index in [-0.39, 0.29) is 6.54 Å². The Bertz CT molecular complexity index is 575. The fraction of sp³-hybridized carbons (Fsp3) is 0.538. The van der Waals surface area contributed by atoms with E-state index in [1.165, 1.54) is 0 Å². The van der Waals surface area contributed by atoms with Crippen LogP contribution in [0.3, 0.4) is 0 Å². The van der Waals surface area contributed by atoms with Crippen molar-refractivity contribution in [2.75, 3.05) is 32.4 Å². The first-order valence-electron chi connectivity index (χ1n) is 6.98. The molecule has 0 bridgehead atoms. The van der Waals surface area contributed by atoms with Crippen molar-refractivity contribution in [1.29, 1.82) is 0 Å². The maximum Gasteiger partial charge on any atom is 0.208 e. The highest BCUT2D eigenvalue weighted by atomic mass is 35.5. The number of halogens is 1. The lowest BCUT2D eigenvalue weighted by molar-refractivity contribution is 0.588. The first kappa shape index (κ1) is 18.7. The summed E-state index contributed by atoms with van der Waals surface area (Å²) in [4.78, 5) is 8.32. The molecule has 1 aromatic rings. The molecule has 9 heteroatoms. The number of aliphatic imine (C=N–C) groups is 1. The summed E-state index contributed by atoms with van der Waals surface area (Å²) in [6.45, 7) is 4.03. The third-order valence-electron chi connectivity index (χ3n) is 2.58. The van der Waals surface area contributed by atoms with E-state index in [0.29, 0.717) is 24.2 Å². The van der Waals surface area contributed by atoms with Gasteiger partial charge in [-0.2, -0.15) is 0 Å². The number of hydrogen-bond acceptors (Lipinski definition) is 4. The first-order valence-corrected chi connectivity index (χ1v) is 9.25. The predicted octanol–water partition coefficient (Wildman–Crippen LogP) is 0.382. The predicted molar refractivity (Wildman–Crippen MR) is 89.8 cm³/mol. The number of aromatic nitrogens is 1. The van der Waals surface area contributed by atoms with E-state index in [1.807, 2.05) is 13.0 Å². The Morgan fingerprint density at radius 1 is 1.32 bits per heavy atom. The SMILES string of the molecule is CCNC(=NCCNS(C)(=O)=O)NCCc1ccc(Cl)nc1. The Kier molecular flexibility index (Phi) is 8.15. The van der Waals surface area contributed by atoms with Crippen LogP contribution in [0.5, 0.6) is 0 Å². The van der Waals surface area contributed by atoms with Crippen LogP contribution in [0, 0.1) is 0 Å². The van der Waals surface area contributed by atoms with Crippen LogP contribution in [0.4, 0.5) is 0 Å². The second-order valence-electron chi connectivity index (χ2n) is 4.59. The molecular weight excluding hydrogens is 326 g/mol. The topological polar surface area (TPSA) is 95.5 Å². The zero-order chi connectivity index (χ0) is 16.4. The maximum atomic E-state index is 10.9. The fourth-order valence-corrected chi connectivity index (χ4v) is 2.19. The molecule has 0 aliphatic rings. The Hall–Kier alpha value is -1.38. The highest BCUT2D eigenvalue weighted by Crippen LogP contribution is 2.05. The standard InChI is InChI=1S/C13H22ClN5O2S/c1-3-15-13(17-8-9-19-22(2,20)21)16-7-6-11-4-5-12(14)18-10-11/h4-5,10,19H,3,6-9H2,1-2H3,(H2,15,16,17). The Morgan fingerprint density at radius 3 is 2.68 bits per heavy atom. The van der Waals surface area contributed by atoms with Crippen molar-refractivity contribution in [3.8, 4) is 0 Å². The first-order chi connectivity index (χ1) is 10.4. The van der Waals surface area contributed by atoms with E-state index in [4.69, 9.17) is 11.6 Å². The Labute approximate surface area is 136 Å². The molecule has 0 spiro atoms. The molecule has 1 rings (SSSR count). The molecular formula is C13H22ClN5O2S. The minimum Gasteiger partial charge on any atom is -0.357 e. The molecule has 0 unspecified atom stereocenters. The molecule has 0 aliphatic carbocycles. The molecule has 7 nitrogen and oxygen atoms in total. The molecule has 124 valence electrons. The van der Waals surface area contributed by atoms with Crippen molar-refractivity contribution in [2.45, 2.75) is 13.3 Å². The Balaban J connectivity index is 2.38. The molecule has 0 aliphatic heterocycles. The second kappa shape index (κ2) is 9.60. The number of rotatable bonds is 8. The molecule has 1 aromatic heterocycles. The van der Waals surface area contributed by atoms with Crippen molar-refractivity contribution in [3.63, 3.8) is 0 Å². The summed E-state index contributed by atoms with van der Waals surface area (Å²) in [5, 5.41) is 6.76. The van der Waals surface area contributed by atoms with Crippen LogP contribution < -0.4 is 15.4 Å². The van der Waals surface area contributed by atoms with Gasteiger partial charge in [-0.05, 0) is 25.0 Å². The highest BCUT2D eigenvalue weighted by Gasteiger charge is 2.00. The summed E-state index contributed by atoms with van der Waals surface area (Å²) >= 11 is 5.74. The minimum atomic E-state index is -3.17. The highest BCUT2D eigenvalue weighted by molar-refractivity contribution is 7.88. The lowest BCUT2D eigenvalue weighted by Gasteiger charge is -2.11. The van der Waals surface area contributed by atoms with E-state index in [1.54, 1.807) is 12.3 Å². The van der Waals surface area contributed by atoms with Crippen LogP contribution in [-0.4, -0.2) is 51.8 Å². The van der Waals surface area contributed by atoms with Gasteiger partial charge in [0.05, 0.1) is 12.8 Å². The normalized spacial score (nSPS) is 12.2. The van der Waals surface area contributed by atoms with Gasteiger partial charge in [0.2, 0.25) is 10.0 Å². The van der Waals surface area contributed by atoms with Crippen LogP contribution >= 0.6 is 11.6 Å². The van der Waals surface area contributed by atoms with Gasteiger partial charge in [-0.1, -0.05) is 17.7 Å². The molecule has 22 heavy (non-hydrogen) atoms. The number of pyridine rings is 1. The monoisotopic (exact) mass is 347 g/mol. The quantitative estimate of drug-likeness (QED) is 0.273. The van der Waals surface area contributed by atoms with Crippen LogP contribution in [0.2, 0.25) is 5.15 Å². The largest absolute Gasteiger partial charge is 0.357 e. The van der Waals surface area contributed by atoms with Crippen molar-refractivity contribution in [3.05, 3.63) is 29.0 Å². The molecule has 0 aromatic carbocycles. The average Bonchev–Trinajstić information content (AvgIpc) is 2.44. The number of nitrogens with zero attached hydrogens (tertiary/aromatic N) is 2. The number of nitrogens with one attached hydrogen (secondary N) is 3. The molecule has 0 amide bonds. The summed E-state index contributed by atoms with van der Waals surface area (Å²) in [6.07, 6.45) is 3.65. The Morgan fingerprint density at radius 2 is 2.09 bits per heavy atom. The fourth-order valence-electron chi connectivity index (χ4n) is 1.62. The van der Waals surface area contributed by atoms with E-state index in [9.17, 15) is 8.42 Å². The van der Waals surface area contributed by atoms with Gasteiger partial charge in [-0.3, -0.25) is 4.99 Å². The number of hydrogen-bond donors (Lipinski definition) is 3. The molecule has 3 N–H and O–H groups in total. The third kappa shape index (κ3) is 8.81. The zero-order valence-electron chi connectivity index (χ0n) is 12.8. The van der Waals surface area contributed by atoms with E-state index >= 15 is 0 Å². The summed E-state index contributed by atoms with van der Waals surface area (Å²) in [7, 11) is -3.17. The molecule has 0 radical (unpaired) electrons. The summed E-state index contributed by atoms with van der Waals surface area (Å²) < 4.78 is 24.3. The van der Waals surface area contributed by atoms with Crippen LogP contribution in [-0.2, 0) is 16.4 Å². The molecule has 0 fully saturated rings. The molecule has 0 saturated carbocycles. The summed E-state index contributed by atoms with van der Waals surface area (Å²) in [6, 6.07) is 3.68. The van der Waals surface area contributed by atoms with Gasteiger partial charge in [-0.15, -0.1) is 0 Å². The number of guanidine groups is 1. The van der Waals surface area contributed by atoms with Crippen molar-refractivity contribution in [2.24, 2.45) is 4.99 Å². The van der Waals surface area contributed by atoms with E-state index in [0.717, 1.165) is 24.8 Å². The molecule has 1 heterocycles. The van der Waals surface area contributed by atoms with E-state index < -0.39 is 10.0 Å². The average molecular weight is 348 g/mol. The van der Waals surface area contributed by atoms with Gasteiger partial charge in [0.15, 0.2) is 5.96 Å². The van der Waals surface area contributed by atoms with Crippen molar-refractivity contribution >= 4 is 27.6 Å². The zero-order valence-corrected chi connectivity index (χ0v) is 14.3. The molecule has 0 atom stereocenters. The number of sulfonamides is 1. The van der Waals surface area contributed by atoms with E-state index in [2.05, 4.69) is 25.3 Å². The van der Waals surface area contributed by atoms with Crippen molar-refractivity contribution < 1.29 is 8.42 Å². The smallest absolute Gasteiger partial charge is 0.208 e. The lowest BCUT2D eigenvalue weighted by atomic mass is 10.2. The van der Waals surface area contributed by atoms with Crippen LogP contribution in [0.1, 0.15) is 12.5 Å². The van der Waals surface area contributed by atoms with Crippen LogP contribution in [0.15, 0.2) is 23.3 Å². The van der Waals surface area contributed by atoms with Gasteiger partial charge in [0, 0.05) is 25.8 Å². The molecule has 0 saturated heterocycles. The second-order valence-corrected chi connectivity index (χ2v) is 6.81. The maximum absolute atomic E-state index is 10.9. The van der Waals surface area contributed by atoms with Crippen molar-refractivity contribution in [1.82, 2.24) is 20.3 Å². The summed E-state index contributed by atoms with van der Waals surface area (Å²) in [5.41, 5.74) is 1.08. The summed E-state index contributed by atoms with van der Waals surface area (Å²) in [5.74, 6) is 0.653. The minimum absolute atomic E-state index is 0.274. The lowest BCUT2D eigenvalue weighted by Crippen LogP contribution is -2.39.